The summed E-state index contributed by atoms with van der Waals surface area (Å²) in [5, 5.41) is 9.89. The molecular weight excluding hydrogens is 348 g/mol. The van der Waals surface area contributed by atoms with Crippen LogP contribution in [-0.2, 0) is 17.7 Å². The van der Waals surface area contributed by atoms with Gasteiger partial charge >= 0.3 is 6.09 Å². The number of carbonyl (C=O) groups excluding carboxylic acids is 1. The monoisotopic (exact) mass is 376 g/mol. The van der Waals surface area contributed by atoms with E-state index in [2.05, 4.69) is 0 Å². The molecule has 0 atom stereocenters. The van der Waals surface area contributed by atoms with Crippen LogP contribution < -0.4 is 10.3 Å². The van der Waals surface area contributed by atoms with Gasteiger partial charge < -0.3 is 19.1 Å². The van der Waals surface area contributed by atoms with E-state index in [9.17, 15) is 14.7 Å². The molecule has 7 heteroatoms. The third-order valence-corrected chi connectivity index (χ3v) is 5.93. The Labute approximate surface area is 158 Å². The fourth-order valence-electron chi connectivity index (χ4n) is 4.89. The molecule has 0 radical (unpaired) electrons. The molecule has 1 N–H and O–H groups in total. The van der Waals surface area contributed by atoms with Gasteiger partial charge in [0.05, 0.1) is 18.8 Å². The summed E-state index contributed by atoms with van der Waals surface area (Å²) in [4.78, 5) is 26.4. The second kappa shape index (κ2) is 5.99. The summed E-state index contributed by atoms with van der Waals surface area (Å²) in [6, 6.07) is 3.49. The van der Waals surface area contributed by atoms with Gasteiger partial charge in [0.1, 0.15) is 11.4 Å². The number of rotatable bonds is 4. The number of aromatic nitrogens is 1. The minimum absolute atomic E-state index is 0.0161. The molecule has 2 bridgehead atoms. The second-order valence-electron chi connectivity index (χ2n) is 9.37. The molecule has 1 aliphatic carbocycles. The number of aryl methyl sites for hydroxylation is 1. The Morgan fingerprint density at radius 3 is 2.70 bits per heavy atom. The van der Waals surface area contributed by atoms with Crippen molar-refractivity contribution in [3.8, 4) is 5.75 Å². The molecule has 27 heavy (non-hydrogen) atoms. The van der Waals surface area contributed by atoms with Crippen molar-refractivity contribution in [3.63, 3.8) is 0 Å². The smallest absolute Gasteiger partial charge is 0.410 e. The summed E-state index contributed by atoms with van der Waals surface area (Å²) in [5.41, 5.74) is -0.289. The van der Waals surface area contributed by atoms with Gasteiger partial charge in [0.25, 0.3) is 5.56 Å². The summed E-state index contributed by atoms with van der Waals surface area (Å²) in [5.74, 6) is 0.597. The van der Waals surface area contributed by atoms with Gasteiger partial charge in [-0.15, -0.1) is 0 Å². The minimum atomic E-state index is -0.572. The maximum absolute atomic E-state index is 12.6. The van der Waals surface area contributed by atoms with Crippen molar-refractivity contribution in [2.75, 3.05) is 19.8 Å². The highest BCUT2D eigenvalue weighted by Gasteiger charge is 2.67. The maximum atomic E-state index is 12.6. The largest absolute Gasteiger partial charge is 0.493 e. The first-order chi connectivity index (χ1) is 12.7. The Balaban J connectivity index is 1.45. The highest BCUT2D eigenvalue weighted by molar-refractivity contribution is 5.71. The zero-order valence-corrected chi connectivity index (χ0v) is 16.3. The molecule has 7 nitrogen and oxygen atoms in total. The number of amides is 1. The van der Waals surface area contributed by atoms with Crippen molar-refractivity contribution in [2.24, 2.45) is 5.41 Å². The standard InChI is InChI=1S/C20H28N2O5/c1-18(2,3)27-17(25)22-11-19(9-20(22,10-19)12-23)13-26-15-7-14-5-4-6-21(14)16(24)8-15/h7-8,23H,4-6,9-13H2,1-3H3. The molecule has 3 aliphatic heterocycles. The molecule has 1 saturated carbocycles. The second-order valence-corrected chi connectivity index (χ2v) is 9.37. The molecule has 0 aromatic carbocycles. The highest BCUT2D eigenvalue weighted by Crippen LogP contribution is 2.59. The third-order valence-electron chi connectivity index (χ3n) is 5.93. The first-order valence-electron chi connectivity index (χ1n) is 9.64. The van der Waals surface area contributed by atoms with Gasteiger partial charge in [0, 0.05) is 30.3 Å². The molecule has 1 amide bonds. The number of aliphatic hydroxyl groups excluding tert-OH is 1. The first kappa shape index (κ1) is 18.3. The number of fused-ring (bicyclic) bond motifs is 2. The van der Waals surface area contributed by atoms with Crippen LogP contribution >= 0.6 is 0 Å². The number of hydrogen-bond acceptors (Lipinski definition) is 5. The van der Waals surface area contributed by atoms with Gasteiger partial charge in [-0.2, -0.15) is 0 Å². The summed E-state index contributed by atoms with van der Waals surface area (Å²) in [6.07, 6.45) is 2.90. The molecule has 2 saturated heterocycles. The zero-order chi connectivity index (χ0) is 19.4. The van der Waals surface area contributed by atoms with E-state index in [0.29, 0.717) is 31.7 Å². The van der Waals surface area contributed by atoms with Crippen molar-refractivity contribution >= 4 is 6.09 Å². The Kier molecular flexibility index (Phi) is 4.07. The fraction of sp³-hybridized carbons (Fsp3) is 0.700. The van der Waals surface area contributed by atoms with E-state index in [1.54, 1.807) is 15.5 Å². The lowest BCUT2D eigenvalue weighted by molar-refractivity contribution is -0.0274. The molecule has 5 rings (SSSR count). The molecule has 148 valence electrons. The van der Waals surface area contributed by atoms with Gasteiger partial charge in [-0.1, -0.05) is 0 Å². The summed E-state index contributed by atoms with van der Waals surface area (Å²) in [7, 11) is 0. The minimum Gasteiger partial charge on any atom is -0.493 e. The van der Waals surface area contributed by atoms with E-state index in [4.69, 9.17) is 9.47 Å². The molecular formula is C20H28N2O5. The van der Waals surface area contributed by atoms with Gasteiger partial charge in [-0.3, -0.25) is 9.69 Å². The van der Waals surface area contributed by atoms with Crippen LogP contribution in [0.25, 0.3) is 0 Å². The molecule has 1 aromatic rings. The van der Waals surface area contributed by atoms with Crippen LogP contribution in [0.2, 0.25) is 0 Å². The number of hydrogen-bond donors (Lipinski definition) is 1. The Morgan fingerprint density at radius 1 is 1.30 bits per heavy atom. The lowest BCUT2D eigenvalue weighted by Gasteiger charge is -2.46. The molecule has 0 spiro atoms. The Bertz CT molecular complexity index is 817. The molecule has 0 unspecified atom stereocenters. The van der Waals surface area contributed by atoms with E-state index in [-0.39, 0.29) is 23.7 Å². The topological polar surface area (TPSA) is 81.0 Å². The number of aliphatic hydroxyl groups is 1. The van der Waals surface area contributed by atoms with Crippen molar-refractivity contribution in [1.82, 2.24) is 9.47 Å². The highest BCUT2D eigenvalue weighted by atomic mass is 16.6. The van der Waals surface area contributed by atoms with E-state index in [0.717, 1.165) is 25.1 Å². The van der Waals surface area contributed by atoms with Crippen molar-refractivity contribution in [3.05, 3.63) is 28.2 Å². The van der Waals surface area contributed by atoms with Crippen molar-refractivity contribution in [1.29, 1.82) is 0 Å². The SMILES string of the molecule is CC(C)(C)OC(=O)N1CC2(COc3cc4n(c(=O)c3)CCC4)CC1(CO)C2. The predicted octanol–water partition coefficient (Wildman–Crippen LogP) is 1.94. The van der Waals surface area contributed by atoms with E-state index in [1.807, 2.05) is 26.8 Å². The fourth-order valence-corrected chi connectivity index (χ4v) is 4.89. The van der Waals surface area contributed by atoms with Gasteiger partial charge in [0.15, 0.2) is 0 Å². The zero-order valence-electron chi connectivity index (χ0n) is 16.3. The van der Waals surface area contributed by atoms with Crippen molar-refractivity contribution in [2.45, 2.75) is 64.1 Å². The van der Waals surface area contributed by atoms with Gasteiger partial charge in [-0.25, -0.2) is 4.79 Å². The lowest BCUT2D eigenvalue weighted by atomic mass is 9.62. The van der Waals surface area contributed by atoms with Gasteiger partial charge in [0.2, 0.25) is 0 Å². The number of pyridine rings is 1. The Hall–Kier alpha value is -2.02. The third kappa shape index (κ3) is 3.12. The summed E-state index contributed by atoms with van der Waals surface area (Å²) in [6.45, 7) is 7.15. The average molecular weight is 376 g/mol. The first-order valence-corrected chi connectivity index (χ1v) is 9.64. The van der Waals surface area contributed by atoms with E-state index >= 15 is 0 Å². The van der Waals surface area contributed by atoms with Crippen LogP contribution in [0.4, 0.5) is 4.79 Å². The van der Waals surface area contributed by atoms with E-state index < -0.39 is 11.1 Å². The van der Waals surface area contributed by atoms with Crippen LogP contribution in [0, 0.1) is 5.41 Å². The molecule has 4 heterocycles. The van der Waals surface area contributed by atoms with Crippen LogP contribution in [-0.4, -0.2) is 51.6 Å². The van der Waals surface area contributed by atoms with Crippen LogP contribution in [0.15, 0.2) is 16.9 Å². The summed E-state index contributed by atoms with van der Waals surface area (Å²) >= 11 is 0. The summed E-state index contributed by atoms with van der Waals surface area (Å²) < 4.78 is 13.3. The van der Waals surface area contributed by atoms with Crippen LogP contribution in [0.5, 0.6) is 5.75 Å². The average Bonchev–Trinajstić information content (AvgIpc) is 3.21. The quantitative estimate of drug-likeness (QED) is 0.869. The number of ether oxygens (including phenoxy) is 2. The molecule has 4 aliphatic rings. The number of carbonyl (C=O) groups is 1. The van der Waals surface area contributed by atoms with Crippen LogP contribution in [0.1, 0.15) is 45.7 Å². The number of nitrogens with zero attached hydrogens (tertiary/aromatic N) is 2. The molecule has 3 fully saturated rings. The lowest BCUT2D eigenvalue weighted by Crippen LogP contribution is -2.55. The molecule has 1 aromatic heterocycles. The normalized spacial score (nSPS) is 28.7. The maximum Gasteiger partial charge on any atom is 0.410 e. The van der Waals surface area contributed by atoms with Crippen LogP contribution in [0.3, 0.4) is 0 Å². The van der Waals surface area contributed by atoms with Gasteiger partial charge in [-0.05, 0) is 52.5 Å². The van der Waals surface area contributed by atoms with E-state index in [1.165, 1.54) is 0 Å². The Morgan fingerprint density at radius 2 is 2.04 bits per heavy atom. The predicted molar refractivity (Wildman–Crippen MR) is 98.9 cm³/mol. The van der Waals surface area contributed by atoms with Crippen molar-refractivity contribution < 1.29 is 19.4 Å².